The fourth-order valence-electron chi connectivity index (χ4n) is 3.52. The van der Waals surface area contributed by atoms with Crippen molar-refractivity contribution in [1.82, 2.24) is 4.98 Å². The van der Waals surface area contributed by atoms with Crippen molar-refractivity contribution in [2.75, 3.05) is 18.0 Å². The number of rotatable bonds is 5. The van der Waals surface area contributed by atoms with Crippen molar-refractivity contribution in [1.29, 1.82) is 0 Å². The first-order valence-corrected chi connectivity index (χ1v) is 12.2. The molecule has 1 aromatic heterocycles. The minimum Gasteiger partial charge on any atom is -0.419 e. The Hall–Kier alpha value is -2.36. The summed E-state index contributed by atoms with van der Waals surface area (Å²) < 4.78 is 33.6. The number of piperidine rings is 1. The molecule has 3 aromatic rings. The van der Waals surface area contributed by atoms with E-state index in [1.54, 1.807) is 41.3 Å². The molecule has 2 aromatic carbocycles. The Kier molecular flexibility index (Phi) is 6.09. The van der Waals surface area contributed by atoms with Crippen molar-refractivity contribution >= 4 is 49.2 Å². The molecular weight excluding hydrogens is 506 g/mol. The van der Waals surface area contributed by atoms with Crippen molar-refractivity contribution in [3.05, 3.63) is 58.0 Å². The molecule has 2 heterocycles. The summed E-state index contributed by atoms with van der Waals surface area (Å²) in [5.74, 6) is -0.334. The van der Waals surface area contributed by atoms with Crippen molar-refractivity contribution in [2.24, 2.45) is 11.7 Å². The molecule has 4 rings (SSSR count). The van der Waals surface area contributed by atoms with E-state index in [1.165, 1.54) is 12.1 Å². The van der Waals surface area contributed by atoms with Crippen LogP contribution in [0.25, 0.3) is 11.5 Å². The van der Waals surface area contributed by atoms with Gasteiger partial charge in [0.1, 0.15) is 0 Å². The molecule has 0 atom stereocenters. The normalized spacial score (nSPS) is 15.2. The second kappa shape index (κ2) is 8.64. The maximum Gasteiger partial charge on any atom is 0.236 e. The molecule has 0 saturated carbocycles. The molecule has 0 spiro atoms. The van der Waals surface area contributed by atoms with Crippen LogP contribution in [0.4, 0.5) is 5.88 Å². The summed E-state index contributed by atoms with van der Waals surface area (Å²) in [6, 6.07) is 13.3. The number of sulfone groups is 1. The van der Waals surface area contributed by atoms with Crippen LogP contribution < -0.4 is 10.6 Å². The Morgan fingerprint density at radius 2 is 1.77 bits per heavy atom. The molecule has 0 bridgehead atoms. The molecule has 31 heavy (non-hydrogen) atoms. The zero-order valence-electron chi connectivity index (χ0n) is 16.3. The van der Waals surface area contributed by atoms with Gasteiger partial charge in [-0.3, -0.25) is 4.79 Å². The number of anilines is 1. The molecule has 1 aliphatic rings. The first-order valence-electron chi connectivity index (χ1n) is 9.58. The van der Waals surface area contributed by atoms with Gasteiger partial charge >= 0.3 is 0 Å². The molecule has 0 unspecified atom stereocenters. The first-order chi connectivity index (χ1) is 14.8. The highest BCUT2D eigenvalue weighted by Gasteiger charge is 2.34. The van der Waals surface area contributed by atoms with Gasteiger partial charge in [0.25, 0.3) is 0 Å². The summed E-state index contributed by atoms with van der Waals surface area (Å²) in [5, 5.41) is 0.220. The standard InChI is InChI=1S/C21H19BrClN3O4S/c22-14-5-7-15(8-6-14)31(28,29)20-21(26-11-9-13(10-12-26)18(24)27)30-19(25-20)16-3-1-2-4-17(16)23/h1-8,13H,9-12H2,(H2,24,27). The van der Waals surface area contributed by atoms with Crippen LogP contribution >= 0.6 is 27.5 Å². The van der Waals surface area contributed by atoms with Gasteiger partial charge in [0.2, 0.25) is 32.5 Å². The number of carbonyl (C=O) groups is 1. The van der Waals surface area contributed by atoms with Crippen LogP contribution in [0.5, 0.6) is 0 Å². The van der Waals surface area contributed by atoms with Gasteiger partial charge < -0.3 is 15.1 Å². The third-order valence-corrected chi connectivity index (χ3v) is 7.77. The van der Waals surface area contributed by atoms with E-state index in [4.69, 9.17) is 21.8 Å². The van der Waals surface area contributed by atoms with E-state index in [-0.39, 0.29) is 33.5 Å². The number of aromatic nitrogens is 1. The third-order valence-electron chi connectivity index (χ3n) is 5.25. The zero-order chi connectivity index (χ0) is 22.2. The van der Waals surface area contributed by atoms with Crippen molar-refractivity contribution in [2.45, 2.75) is 22.8 Å². The number of hydrogen-bond donors (Lipinski definition) is 1. The summed E-state index contributed by atoms with van der Waals surface area (Å²) >= 11 is 9.60. The second-order valence-corrected chi connectivity index (χ2v) is 10.4. The largest absolute Gasteiger partial charge is 0.419 e. The van der Waals surface area contributed by atoms with Gasteiger partial charge in [-0.15, -0.1) is 0 Å². The lowest BCUT2D eigenvalue weighted by molar-refractivity contribution is -0.122. The van der Waals surface area contributed by atoms with Gasteiger partial charge in [0.15, 0.2) is 0 Å². The van der Waals surface area contributed by atoms with E-state index >= 15 is 0 Å². The average Bonchev–Trinajstić information content (AvgIpc) is 3.20. The van der Waals surface area contributed by atoms with Gasteiger partial charge in [0, 0.05) is 23.5 Å². The highest BCUT2D eigenvalue weighted by molar-refractivity contribution is 9.10. The maximum absolute atomic E-state index is 13.4. The fraction of sp³-hybridized carbons (Fsp3) is 0.238. The minimum atomic E-state index is -3.97. The van der Waals surface area contributed by atoms with Gasteiger partial charge in [0.05, 0.1) is 15.5 Å². The minimum absolute atomic E-state index is 0.1000. The van der Waals surface area contributed by atoms with E-state index in [9.17, 15) is 13.2 Å². The van der Waals surface area contributed by atoms with Crippen LogP contribution in [0, 0.1) is 5.92 Å². The topological polar surface area (TPSA) is 106 Å². The van der Waals surface area contributed by atoms with Crippen LogP contribution in [0.15, 0.2) is 67.3 Å². The van der Waals surface area contributed by atoms with Crippen molar-refractivity contribution in [3.63, 3.8) is 0 Å². The lowest BCUT2D eigenvalue weighted by atomic mass is 9.96. The van der Waals surface area contributed by atoms with Gasteiger partial charge in [-0.05, 0) is 49.2 Å². The molecule has 2 N–H and O–H groups in total. The summed E-state index contributed by atoms with van der Waals surface area (Å²) in [6.07, 6.45) is 1.02. The highest BCUT2D eigenvalue weighted by atomic mass is 79.9. The van der Waals surface area contributed by atoms with E-state index in [0.29, 0.717) is 36.5 Å². The third kappa shape index (κ3) is 4.35. The van der Waals surface area contributed by atoms with Gasteiger partial charge in [-0.2, -0.15) is 4.98 Å². The van der Waals surface area contributed by atoms with Crippen LogP contribution in [0.3, 0.4) is 0 Å². The lowest BCUT2D eigenvalue weighted by Gasteiger charge is -2.30. The number of benzene rings is 2. The van der Waals surface area contributed by atoms with Crippen molar-refractivity contribution in [3.8, 4) is 11.5 Å². The van der Waals surface area contributed by atoms with Crippen LogP contribution in [-0.2, 0) is 14.6 Å². The molecule has 7 nitrogen and oxygen atoms in total. The number of primary amides is 1. The second-order valence-electron chi connectivity index (χ2n) is 7.23. The van der Waals surface area contributed by atoms with E-state index < -0.39 is 9.84 Å². The summed E-state index contributed by atoms with van der Waals surface area (Å²) in [4.78, 5) is 17.8. The quantitative estimate of drug-likeness (QED) is 0.534. The zero-order valence-corrected chi connectivity index (χ0v) is 19.5. The Balaban J connectivity index is 1.80. The summed E-state index contributed by atoms with van der Waals surface area (Å²) in [6.45, 7) is 0.848. The Bertz CT molecular complexity index is 1220. The van der Waals surface area contributed by atoms with Crippen molar-refractivity contribution < 1.29 is 17.6 Å². The Morgan fingerprint density at radius 3 is 2.39 bits per heavy atom. The molecule has 1 amide bonds. The number of hydrogen-bond acceptors (Lipinski definition) is 6. The number of carbonyl (C=O) groups excluding carboxylic acids is 1. The first kappa shape index (κ1) is 21.9. The van der Waals surface area contributed by atoms with E-state index in [2.05, 4.69) is 20.9 Å². The number of halogens is 2. The highest BCUT2D eigenvalue weighted by Crippen LogP contribution is 2.38. The molecular formula is C21H19BrClN3O4S. The predicted molar refractivity (Wildman–Crippen MR) is 121 cm³/mol. The number of oxazole rings is 1. The van der Waals surface area contributed by atoms with E-state index in [1.807, 2.05) is 0 Å². The molecule has 10 heteroatoms. The van der Waals surface area contributed by atoms with Crippen LogP contribution in [-0.4, -0.2) is 32.4 Å². The number of nitrogens with two attached hydrogens (primary N) is 1. The van der Waals surface area contributed by atoms with Gasteiger partial charge in [-0.25, -0.2) is 8.42 Å². The maximum atomic E-state index is 13.4. The molecule has 1 saturated heterocycles. The Labute approximate surface area is 193 Å². The smallest absolute Gasteiger partial charge is 0.236 e. The Morgan fingerprint density at radius 1 is 1.13 bits per heavy atom. The molecule has 1 fully saturated rings. The lowest BCUT2D eigenvalue weighted by Crippen LogP contribution is -2.38. The number of nitrogens with zero attached hydrogens (tertiary/aromatic N) is 2. The SMILES string of the molecule is NC(=O)C1CCN(c2oc(-c3ccccc3Cl)nc2S(=O)(=O)c2ccc(Br)cc2)CC1. The molecule has 0 radical (unpaired) electrons. The van der Waals surface area contributed by atoms with Crippen LogP contribution in [0.1, 0.15) is 12.8 Å². The number of amides is 1. The van der Waals surface area contributed by atoms with Crippen LogP contribution in [0.2, 0.25) is 5.02 Å². The fourth-order valence-corrected chi connectivity index (χ4v) is 5.32. The summed E-state index contributed by atoms with van der Waals surface area (Å²) in [5.41, 5.74) is 5.92. The molecule has 0 aliphatic carbocycles. The monoisotopic (exact) mass is 523 g/mol. The summed E-state index contributed by atoms with van der Waals surface area (Å²) in [7, 11) is -3.97. The van der Waals surface area contributed by atoms with Gasteiger partial charge in [-0.1, -0.05) is 39.7 Å². The average molecular weight is 525 g/mol. The molecule has 162 valence electrons. The van der Waals surface area contributed by atoms with E-state index in [0.717, 1.165) is 4.47 Å². The predicted octanol–water partition coefficient (Wildman–Crippen LogP) is 4.29. The molecule has 1 aliphatic heterocycles.